The van der Waals surface area contributed by atoms with Crippen molar-refractivity contribution in [1.82, 2.24) is 0 Å². The second-order valence-electron chi connectivity index (χ2n) is 3.02. The largest absolute Gasteiger partial charge is 0.389 e. The Hall–Kier alpha value is -0.0800. The van der Waals surface area contributed by atoms with Gasteiger partial charge in [-0.3, -0.25) is 4.79 Å². The van der Waals surface area contributed by atoms with Crippen LogP contribution >= 0.6 is 43.6 Å². The molecule has 2 N–H and O–H groups in total. The molecule has 6 heteroatoms. The average Bonchev–Trinajstić information content (AvgIpc) is 2.62. The molecule has 15 heavy (non-hydrogen) atoms. The summed E-state index contributed by atoms with van der Waals surface area (Å²) < 4.78 is 0. The summed E-state index contributed by atoms with van der Waals surface area (Å²) in [5, 5.41) is 0.863. The minimum atomic E-state index is -0.488. The third kappa shape index (κ3) is 4.12. The number of Topliss-reactive ketones (excluding diaryl/α,β-unsaturated/α-hetero) is 1. The van der Waals surface area contributed by atoms with E-state index in [-0.39, 0.29) is 5.78 Å². The molecule has 0 fully saturated rings. The van der Waals surface area contributed by atoms with Gasteiger partial charge in [0.25, 0.3) is 0 Å². The Labute approximate surface area is 105 Å². The summed E-state index contributed by atoms with van der Waals surface area (Å²) in [6.07, 6.45) is 0.827. The van der Waals surface area contributed by atoms with E-state index in [1.807, 2.05) is 5.80 Å². The molecule has 1 atom stereocenters. The van der Waals surface area contributed by atoms with Crippen molar-refractivity contribution in [3.8, 4) is 0 Å². The molecule has 82 valence electrons. The summed E-state index contributed by atoms with van der Waals surface area (Å²) in [4.78, 5) is 11.5. The lowest BCUT2D eigenvalue weighted by Gasteiger charge is -1.98. The van der Waals surface area contributed by atoms with Crippen LogP contribution in [0.25, 0.3) is 0 Å². The molecule has 1 unspecified atom stereocenters. The summed E-state index contributed by atoms with van der Waals surface area (Å²) in [6.45, 7) is 0. The van der Waals surface area contributed by atoms with Gasteiger partial charge < -0.3 is 5.73 Å². The third-order valence-corrected chi connectivity index (χ3v) is 3.88. The van der Waals surface area contributed by atoms with Crippen molar-refractivity contribution in [1.29, 1.82) is 0 Å². The van der Waals surface area contributed by atoms with Crippen LogP contribution in [-0.2, 0) is 0 Å². The lowest BCUT2D eigenvalue weighted by atomic mass is 10.1. The van der Waals surface area contributed by atoms with Gasteiger partial charge >= 0.3 is 0 Å². The van der Waals surface area contributed by atoms with E-state index < -0.39 is 4.84 Å². The number of halogens is 2. The van der Waals surface area contributed by atoms with E-state index in [1.54, 1.807) is 6.07 Å². The standard InChI is InChI=1S/C9H10Cl2NOPS/c10-8(11)2-1-6(13)5-3-7(9(12)15)14-4-5/h3-4,8,14H,1-2H2,(H2,12,15). The monoisotopic (exact) mass is 281 g/mol. The van der Waals surface area contributed by atoms with Gasteiger partial charge in [-0.25, -0.2) is 0 Å². The Morgan fingerprint density at radius 1 is 1.60 bits per heavy atom. The SMILES string of the molecule is NC(=S)c1cc(C(=O)CCC(Cl)Cl)c[pH]1. The summed E-state index contributed by atoms with van der Waals surface area (Å²) in [6, 6.07) is 1.75. The lowest BCUT2D eigenvalue weighted by Crippen LogP contribution is -2.06. The van der Waals surface area contributed by atoms with Crippen LogP contribution in [0.2, 0.25) is 0 Å². The predicted octanol–water partition coefficient (Wildman–Crippen LogP) is 3.12. The van der Waals surface area contributed by atoms with Crippen LogP contribution in [-0.4, -0.2) is 15.6 Å². The van der Waals surface area contributed by atoms with E-state index in [9.17, 15) is 4.79 Å². The van der Waals surface area contributed by atoms with Crippen molar-refractivity contribution < 1.29 is 4.79 Å². The number of nitrogens with two attached hydrogens (primary N) is 1. The molecule has 0 saturated carbocycles. The maximum atomic E-state index is 11.6. The number of carbonyl (C=O) groups is 1. The van der Waals surface area contributed by atoms with Crippen LogP contribution in [0.15, 0.2) is 11.9 Å². The van der Waals surface area contributed by atoms with Gasteiger partial charge in [-0.05, 0) is 18.3 Å². The van der Waals surface area contributed by atoms with Gasteiger partial charge in [0.05, 0.1) is 0 Å². The molecule has 0 aliphatic heterocycles. The minimum absolute atomic E-state index is 0.0417. The number of hydrogen-bond donors (Lipinski definition) is 1. The molecule has 1 aromatic heterocycles. The fourth-order valence-electron chi connectivity index (χ4n) is 1.08. The normalized spacial score (nSPS) is 11.1. The Kier molecular flexibility index (Phi) is 5.07. The molecule has 2 nitrogen and oxygen atoms in total. The van der Waals surface area contributed by atoms with E-state index in [0.29, 0.717) is 31.6 Å². The summed E-state index contributed by atoms with van der Waals surface area (Å²) in [5.74, 6) is 1.90. The number of alkyl halides is 2. The Morgan fingerprint density at radius 3 is 2.73 bits per heavy atom. The second-order valence-corrected chi connectivity index (χ2v) is 5.85. The Morgan fingerprint density at radius 2 is 2.27 bits per heavy atom. The van der Waals surface area contributed by atoms with Crippen molar-refractivity contribution in [2.45, 2.75) is 17.7 Å². The minimum Gasteiger partial charge on any atom is -0.389 e. The fraction of sp³-hybridized carbons (Fsp3) is 0.333. The molecule has 1 heterocycles. The first-order chi connectivity index (χ1) is 7.00. The summed E-state index contributed by atoms with van der Waals surface area (Å²) in [7, 11) is 0.398. The van der Waals surface area contributed by atoms with Gasteiger partial charge in [-0.1, -0.05) is 12.2 Å². The molecule has 0 saturated heterocycles. The third-order valence-electron chi connectivity index (χ3n) is 1.86. The number of rotatable bonds is 5. The van der Waals surface area contributed by atoms with Gasteiger partial charge in [-0.15, -0.1) is 31.4 Å². The molecule has 0 aliphatic rings. The zero-order chi connectivity index (χ0) is 11.4. The number of ketones is 1. The molecule has 0 aromatic carbocycles. The molecule has 1 aromatic rings. The van der Waals surface area contributed by atoms with Crippen LogP contribution in [0, 0.1) is 0 Å². The second kappa shape index (κ2) is 5.86. The maximum absolute atomic E-state index is 11.6. The first-order valence-corrected chi connectivity index (χ1v) is 6.66. The average molecular weight is 282 g/mol. The zero-order valence-electron chi connectivity index (χ0n) is 7.80. The molecular formula is C9H10Cl2NOPS. The summed E-state index contributed by atoms with van der Waals surface area (Å²) >= 11 is 15.9. The molecule has 0 amide bonds. The van der Waals surface area contributed by atoms with Gasteiger partial charge in [0.1, 0.15) is 9.82 Å². The number of hydrogen-bond acceptors (Lipinski definition) is 2. The highest BCUT2D eigenvalue weighted by Gasteiger charge is 2.10. The van der Waals surface area contributed by atoms with E-state index in [2.05, 4.69) is 0 Å². The lowest BCUT2D eigenvalue weighted by molar-refractivity contribution is 0.0981. The van der Waals surface area contributed by atoms with Gasteiger partial charge in [0, 0.05) is 17.3 Å². The predicted molar refractivity (Wildman–Crippen MR) is 70.9 cm³/mol. The van der Waals surface area contributed by atoms with E-state index in [0.717, 1.165) is 5.30 Å². The van der Waals surface area contributed by atoms with E-state index >= 15 is 0 Å². The van der Waals surface area contributed by atoms with Gasteiger partial charge in [0.2, 0.25) is 0 Å². The van der Waals surface area contributed by atoms with Crippen LogP contribution < -0.4 is 5.73 Å². The smallest absolute Gasteiger partial charge is 0.163 e. The molecule has 0 spiro atoms. The van der Waals surface area contributed by atoms with E-state index in [1.165, 1.54) is 0 Å². The summed E-state index contributed by atoms with van der Waals surface area (Å²) in [5.41, 5.74) is 6.14. The van der Waals surface area contributed by atoms with Crippen LogP contribution in [0.3, 0.4) is 0 Å². The molecule has 0 bridgehead atoms. The topological polar surface area (TPSA) is 43.1 Å². The van der Waals surface area contributed by atoms with Crippen molar-refractivity contribution in [2.75, 3.05) is 0 Å². The van der Waals surface area contributed by atoms with Crippen LogP contribution in [0.4, 0.5) is 0 Å². The number of carbonyl (C=O) groups excluding carboxylic acids is 1. The van der Waals surface area contributed by atoms with Gasteiger partial charge in [-0.2, -0.15) is 0 Å². The van der Waals surface area contributed by atoms with Crippen molar-refractivity contribution in [3.05, 3.63) is 22.7 Å². The zero-order valence-corrected chi connectivity index (χ0v) is 11.1. The Bertz CT molecular complexity index is 378. The highest BCUT2D eigenvalue weighted by atomic mass is 35.5. The van der Waals surface area contributed by atoms with Crippen molar-refractivity contribution >= 4 is 54.4 Å². The van der Waals surface area contributed by atoms with E-state index in [4.69, 9.17) is 41.2 Å². The first kappa shape index (κ1) is 13.0. The molecule has 1 rings (SSSR count). The van der Waals surface area contributed by atoms with Crippen LogP contribution in [0.5, 0.6) is 0 Å². The highest BCUT2D eigenvalue weighted by Crippen LogP contribution is 2.22. The molecule has 0 radical (unpaired) electrons. The molecular weight excluding hydrogens is 272 g/mol. The Balaban J connectivity index is 2.62. The van der Waals surface area contributed by atoms with Gasteiger partial charge in [0.15, 0.2) is 5.78 Å². The maximum Gasteiger partial charge on any atom is 0.163 e. The fourth-order valence-corrected chi connectivity index (χ4v) is 2.47. The van der Waals surface area contributed by atoms with Crippen molar-refractivity contribution in [2.24, 2.45) is 5.73 Å². The highest BCUT2D eigenvalue weighted by molar-refractivity contribution is 7.81. The van der Waals surface area contributed by atoms with Crippen LogP contribution in [0.1, 0.15) is 28.5 Å². The molecule has 0 aliphatic carbocycles. The van der Waals surface area contributed by atoms with Crippen molar-refractivity contribution in [3.63, 3.8) is 0 Å². The first-order valence-electron chi connectivity index (χ1n) is 4.30. The quantitative estimate of drug-likeness (QED) is 0.512. The number of thiocarbonyl (C=S) groups is 1.